The second-order valence-electron chi connectivity index (χ2n) is 7.08. The maximum atomic E-state index is 12.4. The van der Waals surface area contributed by atoms with Crippen LogP contribution < -0.4 is 0 Å². The normalized spacial score (nSPS) is 17.2. The zero-order valence-electron chi connectivity index (χ0n) is 14.6. The monoisotopic (exact) mass is 318 g/mol. The lowest BCUT2D eigenvalue weighted by atomic mass is 10.0. The summed E-state index contributed by atoms with van der Waals surface area (Å²) in [6.45, 7) is 10.6. The SMILES string of the molecule is Cc1ccc(C(C)N2CCN(C(=O)OC(C)(C)C)CC2=O)cc1. The molecule has 0 N–H and O–H groups in total. The third-order valence-corrected chi connectivity index (χ3v) is 3.94. The molecule has 1 fully saturated rings. The maximum absolute atomic E-state index is 12.4. The van der Waals surface area contributed by atoms with Crippen molar-refractivity contribution in [2.24, 2.45) is 0 Å². The summed E-state index contributed by atoms with van der Waals surface area (Å²) in [5, 5.41) is 0. The number of hydrogen-bond donors (Lipinski definition) is 0. The Balaban J connectivity index is 2.00. The van der Waals surface area contributed by atoms with Crippen LogP contribution in [0.25, 0.3) is 0 Å². The van der Waals surface area contributed by atoms with E-state index in [1.54, 1.807) is 0 Å². The number of carbonyl (C=O) groups is 2. The second-order valence-corrected chi connectivity index (χ2v) is 7.08. The van der Waals surface area contributed by atoms with Gasteiger partial charge in [-0.1, -0.05) is 29.8 Å². The van der Waals surface area contributed by atoms with Crippen LogP contribution in [0.2, 0.25) is 0 Å². The number of amides is 2. The summed E-state index contributed by atoms with van der Waals surface area (Å²) in [6.07, 6.45) is -0.423. The molecule has 1 heterocycles. The number of nitrogens with zero attached hydrogens (tertiary/aromatic N) is 2. The molecule has 0 bridgehead atoms. The molecule has 1 atom stereocenters. The van der Waals surface area contributed by atoms with Gasteiger partial charge in [-0.05, 0) is 40.2 Å². The highest BCUT2D eigenvalue weighted by Crippen LogP contribution is 2.23. The summed E-state index contributed by atoms with van der Waals surface area (Å²) >= 11 is 0. The third-order valence-electron chi connectivity index (χ3n) is 3.94. The van der Waals surface area contributed by atoms with Crippen LogP contribution in [0.5, 0.6) is 0 Å². The van der Waals surface area contributed by atoms with Crippen LogP contribution in [0.3, 0.4) is 0 Å². The van der Waals surface area contributed by atoms with E-state index in [1.807, 2.05) is 63.8 Å². The van der Waals surface area contributed by atoms with Gasteiger partial charge in [0.05, 0.1) is 6.04 Å². The van der Waals surface area contributed by atoms with Crippen LogP contribution in [0, 0.1) is 6.92 Å². The number of piperazine rings is 1. The maximum Gasteiger partial charge on any atom is 0.410 e. The first-order valence-corrected chi connectivity index (χ1v) is 8.01. The lowest BCUT2D eigenvalue weighted by Gasteiger charge is -2.38. The van der Waals surface area contributed by atoms with Crippen molar-refractivity contribution in [3.8, 4) is 0 Å². The second kappa shape index (κ2) is 6.60. The summed E-state index contributed by atoms with van der Waals surface area (Å²) < 4.78 is 5.34. The van der Waals surface area contributed by atoms with Gasteiger partial charge in [-0.2, -0.15) is 0 Å². The standard InChI is InChI=1S/C18H26N2O3/c1-13-6-8-15(9-7-13)14(2)20-11-10-19(12-16(20)21)17(22)23-18(3,4)5/h6-9,14H,10-12H2,1-5H3. The van der Waals surface area contributed by atoms with E-state index in [0.717, 1.165) is 5.56 Å². The smallest absolute Gasteiger partial charge is 0.410 e. The van der Waals surface area contributed by atoms with Gasteiger partial charge in [0.1, 0.15) is 12.1 Å². The van der Waals surface area contributed by atoms with Crippen molar-refractivity contribution in [2.75, 3.05) is 19.6 Å². The fraction of sp³-hybridized carbons (Fsp3) is 0.556. The molecule has 23 heavy (non-hydrogen) atoms. The van der Waals surface area contributed by atoms with E-state index in [2.05, 4.69) is 0 Å². The molecule has 2 rings (SSSR count). The minimum absolute atomic E-state index is 0.00360. The summed E-state index contributed by atoms with van der Waals surface area (Å²) in [5.74, 6) is -0.0461. The van der Waals surface area contributed by atoms with E-state index < -0.39 is 11.7 Å². The Bertz CT molecular complexity index is 575. The lowest BCUT2D eigenvalue weighted by molar-refractivity contribution is -0.138. The first kappa shape index (κ1) is 17.3. The van der Waals surface area contributed by atoms with Crippen LogP contribution >= 0.6 is 0 Å². The van der Waals surface area contributed by atoms with Crippen LogP contribution in [0.1, 0.15) is 44.9 Å². The molecule has 1 aromatic carbocycles. The van der Waals surface area contributed by atoms with Gasteiger partial charge in [0.2, 0.25) is 5.91 Å². The molecule has 1 aliphatic heterocycles. The van der Waals surface area contributed by atoms with Gasteiger partial charge in [0, 0.05) is 13.1 Å². The van der Waals surface area contributed by atoms with E-state index in [-0.39, 0.29) is 18.5 Å². The third kappa shape index (κ3) is 4.47. The molecular weight excluding hydrogens is 292 g/mol. The Morgan fingerprint density at radius 2 is 1.78 bits per heavy atom. The zero-order valence-corrected chi connectivity index (χ0v) is 14.6. The quantitative estimate of drug-likeness (QED) is 0.842. The Kier molecular flexibility index (Phi) is 4.97. The van der Waals surface area contributed by atoms with E-state index in [9.17, 15) is 9.59 Å². The van der Waals surface area contributed by atoms with Crippen LogP contribution in [0.4, 0.5) is 4.79 Å². The van der Waals surface area contributed by atoms with Gasteiger partial charge in [-0.3, -0.25) is 9.69 Å². The molecule has 5 heteroatoms. The Morgan fingerprint density at radius 1 is 1.17 bits per heavy atom. The predicted molar refractivity (Wildman–Crippen MR) is 89.1 cm³/mol. The molecule has 0 radical (unpaired) electrons. The van der Waals surface area contributed by atoms with Gasteiger partial charge in [-0.15, -0.1) is 0 Å². The van der Waals surface area contributed by atoms with Crippen LogP contribution in [-0.4, -0.2) is 47.0 Å². The highest BCUT2D eigenvalue weighted by Gasteiger charge is 2.32. The van der Waals surface area contributed by atoms with Gasteiger partial charge < -0.3 is 9.64 Å². The highest BCUT2D eigenvalue weighted by molar-refractivity contribution is 5.84. The molecule has 0 saturated carbocycles. The number of aryl methyl sites for hydroxylation is 1. The average molecular weight is 318 g/mol. The zero-order chi connectivity index (χ0) is 17.2. The van der Waals surface area contributed by atoms with Gasteiger partial charge in [0.25, 0.3) is 0 Å². The number of hydrogen-bond acceptors (Lipinski definition) is 3. The molecule has 1 aliphatic rings. The van der Waals surface area contributed by atoms with Crippen molar-refractivity contribution < 1.29 is 14.3 Å². The van der Waals surface area contributed by atoms with Crippen molar-refractivity contribution in [1.82, 2.24) is 9.80 Å². The minimum atomic E-state index is -0.549. The van der Waals surface area contributed by atoms with Gasteiger partial charge in [-0.25, -0.2) is 4.79 Å². The first-order chi connectivity index (χ1) is 10.7. The molecule has 0 spiro atoms. The Morgan fingerprint density at radius 3 is 2.30 bits per heavy atom. The molecule has 1 saturated heterocycles. The summed E-state index contributed by atoms with van der Waals surface area (Å²) in [6, 6.07) is 8.20. The number of ether oxygens (including phenoxy) is 1. The van der Waals surface area contributed by atoms with Crippen molar-refractivity contribution in [2.45, 2.75) is 46.3 Å². The molecule has 2 amide bonds. The van der Waals surface area contributed by atoms with Crippen LogP contribution in [-0.2, 0) is 9.53 Å². The number of carbonyl (C=O) groups excluding carboxylic acids is 2. The van der Waals surface area contributed by atoms with E-state index in [1.165, 1.54) is 10.5 Å². The molecule has 1 unspecified atom stereocenters. The first-order valence-electron chi connectivity index (χ1n) is 8.01. The fourth-order valence-electron chi connectivity index (χ4n) is 2.60. The largest absolute Gasteiger partial charge is 0.444 e. The molecule has 5 nitrogen and oxygen atoms in total. The topological polar surface area (TPSA) is 49.9 Å². The molecular formula is C18H26N2O3. The fourth-order valence-corrected chi connectivity index (χ4v) is 2.60. The average Bonchev–Trinajstić information content (AvgIpc) is 2.45. The van der Waals surface area contributed by atoms with Crippen molar-refractivity contribution in [1.29, 1.82) is 0 Å². The molecule has 0 aromatic heterocycles. The van der Waals surface area contributed by atoms with Crippen molar-refractivity contribution >= 4 is 12.0 Å². The van der Waals surface area contributed by atoms with E-state index in [0.29, 0.717) is 13.1 Å². The van der Waals surface area contributed by atoms with Crippen LogP contribution in [0.15, 0.2) is 24.3 Å². The minimum Gasteiger partial charge on any atom is -0.444 e. The van der Waals surface area contributed by atoms with E-state index >= 15 is 0 Å². The Hall–Kier alpha value is -2.04. The number of benzene rings is 1. The summed E-state index contributed by atoms with van der Waals surface area (Å²) in [7, 11) is 0. The predicted octanol–water partition coefficient (Wildman–Crippen LogP) is 3.14. The molecule has 1 aromatic rings. The Labute approximate surface area is 138 Å². The van der Waals surface area contributed by atoms with Crippen molar-refractivity contribution in [3.63, 3.8) is 0 Å². The summed E-state index contributed by atoms with van der Waals surface area (Å²) in [4.78, 5) is 27.8. The van der Waals surface area contributed by atoms with E-state index in [4.69, 9.17) is 4.74 Å². The van der Waals surface area contributed by atoms with Gasteiger partial charge >= 0.3 is 6.09 Å². The number of rotatable bonds is 2. The van der Waals surface area contributed by atoms with Gasteiger partial charge in [0.15, 0.2) is 0 Å². The lowest BCUT2D eigenvalue weighted by Crippen LogP contribution is -2.53. The molecule has 126 valence electrons. The summed E-state index contributed by atoms with van der Waals surface area (Å²) in [5.41, 5.74) is 1.75. The molecule has 0 aliphatic carbocycles. The van der Waals surface area contributed by atoms with Crippen molar-refractivity contribution in [3.05, 3.63) is 35.4 Å². The highest BCUT2D eigenvalue weighted by atomic mass is 16.6.